The number of aldehydes is 1. The quantitative estimate of drug-likeness (QED) is 0.685. The third-order valence-electron chi connectivity index (χ3n) is 3.54. The fourth-order valence-electron chi connectivity index (χ4n) is 2.54. The molecule has 1 saturated heterocycles. The normalized spacial score (nSPS) is 28.4. The first-order valence-corrected chi connectivity index (χ1v) is 5.53. The Morgan fingerprint density at radius 3 is 3.20 bits per heavy atom. The molecule has 1 aromatic heterocycles. The molecule has 2 aliphatic rings. The number of nitrogens with zero attached hydrogens (tertiary/aromatic N) is 2. The van der Waals surface area contributed by atoms with Gasteiger partial charge < -0.3 is 4.90 Å². The van der Waals surface area contributed by atoms with Crippen LogP contribution in [0.15, 0.2) is 18.3 Å². The lowest BCUT2D eigenvalue weighted by atomic mass is 10.1. The molecule has 78 valence electrons. The summed E-state index contributed by atoms with van der Waals surface area (Å²) in [5, 5.41) is 0. The Bertz CT molecular complexity index is 391. The molecular formula is C12H14N2O. The van der Waals surface area contributed by atoms with Crippen molar-refractivity contribution in [2.75, 3.05) is 18.0 Å². The van der Waals surface area contributed by atoms with Crippen LogP contribution in [0.3, 0.4) is 0 Å². The standard InChI is InChI=1S/C12H14N2O/c15-8-10-2-1-4-13-12(10)14-5-3-9-6-11(9)7-14/h1-2,4,8-9,11H,3,5-7H2. The number of hydrogen-bond acceptors (Lipinski definition) is 3. The molecule has 1 saturated carbocycles. The van der Waals surface area contributed by atoms with Crippen molar-refractivity contribution in [3.8, 4) is 0 Å². The summed E-state index contributed by atoms with van der Waals surface area (Å²) in [6.45, 7) is 2.14. The van der Waals surface area contributed by atoms with Crippen LogP contribution in [0.4, 0.5) is 5.82 Å². The van der Waals surface area contributed by atoms with E-state index in [1.165, 1.54) is 12.8 Å². The number of hydrogen-bond donors (Lipinski definition) is 0. The van der Waals surface area contributed by atoms with Crippen LogP contribution in [-0.4, -0.2) is 24.4 Å². The number of pyridine rings is 1. The van der Waals surface area contributed by atoms with Gasteiger partial charge in [0.1, 0.15) is 5.82 Å². The van der Waals surface area contributed by atoms with Crippen molar-refractivity contribution in [1.82, 2.24) is 4.98 Å². The monoisotopic (exact) mass is 202 g/mol. The second-order valence-corrected chi connectivity index (χ2v) is 4.52. The first-order chi connectivity index (χ1) is 7.38. The Morgan fingerprint density at radius 2 is 2.40 bits per heavy atom. The highest BCUT2D eigenvalue weighted by Gasteiger charge is 2.41. The molecule has 1 aliphatic heterocycles. The van der Waals surface area contributed by atoms with Crippen LogP contribution in [0.5, 0.6) is 0 Å². The molecule has 3 nitrogen and oxygen atoms in total. The largest absolute Gasteiger partial charge is 0.356 e. The molecule has 0 N–H and O–H groups in total. The van der Waals surface area contributed by atoms with Gasteiger partial charge in [-0.25, -0.2) is 4.98 Å². The summed E-state index contributed by atoms with van der Waals surface area (Å²) in [4.78, 5) is 17.5. The SMILES string of the molecule is O=Cc1cccnc1N1CCC2CC2C1. The molecule has 3 rings (SSSR count). The highest BCUT2D eigenvalue weighted by atomic mass is 16.1. The van der Waals surface area contributed by atoms with E-state index in [2.05, 4.69) is 9.88 Å². The van der Waals surface area contributed by atoms with E-state index >= 15 is 0 Å². The number of rotatable bonds is 2. The van der Waals surface area contributed by atoms with Gasteiger partial charge >= 0.3 is 0 Å². The summed E-state index contributed by atoms with van der Waals surface area (Å²) in [6, 6.07) is 3.66. The van der Waals surface area contributed by atoms with Gasteiger partial charge in [0.25, 0.3) is 0 Å². The zero-order valence-corrected chi connectivity index (χ0v) is 8.60. The van der Waals surface area contributed by atoms with Crippen LogP contribution in [0.25, 0.3) is 0 Å². The first kappa shape index (κ1) is 8.89. The van der Waals surface area contributed by atoms with E-state index in [1.54, 1.807) is 6.20 Å². The number of piperidine rings is 1. The van der Waals surface area contributed by atoms with Crippen molar-refractivity contribution in [1.29, 1.82) is 0 Å². The molecular weight excluding hydrogens is 188 g/mol. The lowest BCUT2D eigenvalue weighted by molar-refractivity contribution is 0.112. The van der Waals surface area contributed by atoms with Crippen molar-refractivity contribution >= 4 is 12.1 Å². The van der Waals surface area contributed by atoms with Gasteiger partial charge in [-0.2, -0.15) is 0 Å². The molecule has 2 fully saturated rings. The summed E-state index contributed by atoms with van der Waals surface area (Å²) in [6.07, 6.45) is 5.31. The van der Waals surface area contributed by atoms with Crippen LogP contribution in [-0.2, 0) is 0 Å². The number of carbonyl (C=O) groups is 1. The van der Waals surface area contributed by atoms with Crippen LogP contribution in [0.2, 0.25) is 0 Å². The topological polar surface area (TPSA) is 33.2 Å². The van der Waals surface area contributed by atoms with Crippen LogP contribution < -0.4 is 4.90 Å². The average Bonchev–Trinajstić information content (AvgIpc) is 3.07. The molecule has 2 unspecified atom stereocenters. The summed E-state index contributed by atoms with van der Waals surface area (Å²) in [5.41, 5.74) is 0.719. The molecule has 2 atom stereocenters. The second kappa shape index (κ2) is 3.33. The summed E-state index contributed by atoms with van der Waals surface area (Å²) in [5.74, 6) is 2.70. The Hall–Kier alpha value is -1.38. The van der Waals surface area contributed by atoms with E-state index in [0.29, 0.717) is 0 Å². The lowest BCUT2D eigenvalue weighted by Gasteiger charge is -2.28. The predicted octanol–water partition coefficient (Wildman–Crippen LogP) is 1.74. The minimum absolute atomic E-state index is 0.719. The molecule has 3 heteroatoms. The van der Waals surface area contributed by atoms with E-state index in [4.69, 9.17) is 0 Å². The van der Waals surface area contributed by atoms with Gasteiger partial charge in [0.15, 0.2) is 6.29 Å². The highest BCUT2D eigenvalue weighted by molar-refractivity contribution is 5.82. The van der Waals surface area contributed by atoms with Gasteiger partial charge in [-0.05, 0) is 36.8 Å². The zero-order valence-electron chi connectivity index (χ0n) is 8.60. The second-order valence-electron chi connectivity index (χ2n) is 4.52. The molecule has 0 amide bonds. The highest BCUT2D eigenvalue weighted by Crippen LogP contribution is 2.45. The maximum atomic E-state index is 10.9. The first-order valence-electron chi connectivity index (χ1n) is 5.53. The molecule has 1 aromatic rings. The van der Waals surface area contributed by atoms with Crippen molar-refractivity contribution in [2.45, 2.75) is 12.8 Å². The minimum atomic E-state index is 0.719. The van der Waals surface area contributed by atoms with Gasteiger partial charge in [0.2, 0.25) is 0 Å². The van der Waals surface area contributed by atoms with Gasteiger partial charge in [-0.15, -0.1) is 0 Å². The van der Waals surface area contributed by atoms with E-state index in [-0.39, 0.29) is 0 Å². The van der Waals surface area contributed by atoms with Crippen molar-refractivity contribution < 1.29 is 4.79 Å². The Morgan fingerprint density at radius 1 is 1.47 bits per heavy atom. The van der Waals surface area contributed by atoms with E-state index in [0.717, 1.165) is 42.6 Å². The molecule has 0 bridgehead atoms. The Labute approximate surface area is 89.1 Å². The Kier molecular flexibility index (Phi) is 1.97. The van der Waals surface area contributed by atoms with E-state index in [1.807, 2.05) is 12.1 Å². The maximum Gasteiger partial charge on any atom is 0.153 e. The third kappa shape index (κ3) is 1.52. The third-order valence-corrected chi connectivity index (χ3v) is 3.54. The average molecular weight is 202 g/mol. The molecule has 0 spiro atoms. The number of fused-ring (bicyclic) bond motifs is 1. The fraction of sp³-hybridized carbons (Fsp3) is 0.500. The predicted molar refractivity (Wildman–Crippen MR) is 58.1 cm³/mol. The smallest absolute Gasteiger partial charge is 0.153 e. The fourth-order valence-corrected chi connectivity index (χ4v) is 2.54. The van der Waals surface area contributed by atoms with Gasteiger partial charge in [0, 0.05) is 19.3 Å². The van der Waals surface area contributed by atoms with Gasteiger partial charge in [-0.1, -0.05) is 0 Å². The van der Waals surface area contributed by atoms with Crippen molar-refractivity contribution in [3.63, 3.8) is 0 Å². The summed E-state index contributed by atoms with van der Waals surface area (Å²) < 4.78 is 0. The molecule has 1 aliphatic carbocycles. The zero-order chi connectivity index (χ0) is 10.3. The number of carbonyl (C=O) groups excluding carboxylic acids is 1. The minimum Gasteiger partial charge on any atom is -0.356 e. The number of aromatic nitrogens is 1. The molecule has 2 heterocycles. The van der Waals surface area contributed by atoms with Crippen LogP contribution in [0, 0.1) is 11.8 Å². The summed E-state index contributed by atoms with van der Waals surface area (Å²) >= 11 is 0. The van der Waals surface area contributed by atoms with E-state index < -0.39 is 0 Å². The number of anilines is 1. The Balaban J connectivity index is 1.87. The van der Waals surface area contributed by atoms with E-state index in [9.17, 15) is 4.79 Å². The lowest BCUT2D eigenvalue weighted by Crippen LogP contribution is -2.32. The maximum absolute atomic E-state index is 10.9. The van der Waals surface area contributed by atoms with Crippen LogP contribution in [0.1, 0.15) is 23.2 Å². The van der Waals surface area contributed by atoms with Crippen LogP contribution >= 0.6 is 0 Å². The molecule has 0 radical (unpaired) electrons. The van der Waals surface area contributed by atoms with Crippen molar-refractivity contribution in [3.05, 3.63) is 23.9 Å². The molecule has 0 aromatic carbocycles. The van der Waals surface area contributed by atoms with Crippen molar-refractivity contribution in [2.24, 2.45) is 11.8 Å². The van der Waals surface area contributed by atoms with Gasteiger partial charge in [-0.3, -0.25) is 4.79 Å². The molecule has 15 heavy (non-hydrogen) atoms. The summed E-state index contributed by atoms with van der Waals surface area (Å²) in [7, 11) is 0. The van der Waals surface area contributed by atoms with Gasteiger partial charge in [0.05, 0.1) is 5.56 Å².